The number of hydrogen-bond donors (Lipinski definition) is 1. The van der Waals surface area contributed by atoms with Gasteiger partial charge >= 0.3 is 0 Å². The van der Waals surface area contributed by atoms with E-state index in [9.17, 15) is 4.39 Å². The SMILES string of the molecule is CCc1nc2ccc(I)cn2c1C(N)c1nc(-c2ccc(F)cc2)cs1. The summed E-state index contributed by atoms with van der Waals surface area (Å²) in [6, 6.07) is 10.0. The Labute approximate surface area is 168 Å². The van der Waals surface area contributed by atoms with Crippen LogP contribution >= 0.6 is 33.9 Å². The molecule has 0 bridgehead atoms. The molecular formula is C19H16FIN4S. The minimum absolute atomic E-state index is 0.256. The highest BCUT2D eigenvalue weighted by molar-refractivity contribution is 14.1. The third-order valence-electron chi connectivity index (χ3n) is 4.25. The predicted molar refractivity (Wildman–Crippen MR) is 111 cm³/mol. The zero-order valence-corrected chi connectivity index (χ0v) is 17.0. The molecule has 0 saturated heterocycles. The summed E-state index contributed by atoms with van der Waals surface area (Å²) in [5, 5.41) is 2.78. The van der Waals surface area contributed by atoms with Crippen LogP contribution in [0.1, 0.15) is 29.4 Å². The van der Waals surface area contributed by atoms with Gasteiger partial charge in [0.2, 0.25) is 0 Å². The van der Waals surface area contributed by atoms with E-state index in [-0.39, 0.29) is 11.9 Å². The third-order valence-corrected chi connectivity index (χ3v) is 5.82. The van der Waals surface area contributed by atoms with E-state index >= 15 is 0 Å². The quantitative estimate of drug-likeness (QED) is 0.429. The Kier molecular flexibility index (Phi) is 4.76. The first-order valence-corrected chi connectivity index (χ1v) is 10.2. The van der Waals surface area contributed by atoms with E-state index in [1.165, 1.54) is 23.5 Å². The van der Waals surface area contributed by atoms with Crippen molar-refractivity contribution < 1.29 is 4.39 Å². The van der Waals surface area contributed by atoms with Crippen LogP contribution in [0.15, 0.2) is 48.0 Å². The van der Waals surface area contributed by atoms with E-state index in [4.69, 9.17) is 15.7 Å². The van der Waals surface area contributed by atoms with Crippen molar-refractivity contribution in [2.24, 2.45) is 5.73 Å². The Bertz CT molecular complexity index is 1070. The minimum Gasteiger partial charge on any atom is -0.317 e. The summed E-state index contributed by atoms with van der Waals surface area (Å²) in [6.07, 6.45) is 2.85. The molecule has 26 heavy (non-hydrogen) atoms. The molecule has 7 heteroatoms. The van der Waals surface area contributed by atoms with E-state index < -0.39 is 0 Å². The fraction of sp³-hybridized carbons (Fsp3) is 0.158. The number of aromatic nitrogens is 3. The van der Waals surface area contributed by atoms with Crippen molar-refractivity contribution in [3.63, 3.8) is 0 Å². The number of nitrogens with two attached hydrogens (primary N) is 1. The highest BCUT2D eigenvalue weighted by Gasteiger charge is 2.22. The van der Waals surface area contributed by atoms with E-state index in [0.717, 1.165) is 43.3 Å². The van der Waals surface area contributed by atoms with Crippen LogP contribution in [-0.4, -0.2) is 14.4 Å². The predicted octanol–water partition coefficient (Wildman–Crippen LogP) is 4.81. The molecule has 1 atom stereocenters. The topological polar surface area (TPSA) is 56.2 Å². The number of rotatable bonds is 4. The van der Waals surface area contributed by atoms with Gasteiger partial charge < -0.3 is 10.1 Å². The average Bonchev–Trinajstić information content (AvgIpc) is 3.26. The van der Waals surface area contributed by atoms with Gasteiger partial charge in [0, 0.05) is 20.7 Å². The number of imidazole rings is 1. The lowest BCUT2D eigenvalue weighted by molar-refractivity contribution is 0.628. The standard InChI is InChI=1S/C19H16FIN4S/c1-2-14-18(25-9-13(21)7-8-16(25)23-14)17(22)19-24-15(10-26-19)11-3-5-12(20)6-4-11/h3-10,17H,2,22H2,1H3. The first-order valence-electron chi connectivity index (χ1n) is 8.20. The molecule has 1 aromatic carbocycles. The summed E-state index contributed by atoms with van der Waals surface area (Å²) >= 11 is 3.80. The number of aryl methyl sites for hydroxylation is 1. The van der Waals surface area contributed by atoms with Crippen LogP contribution < -0.4 is 5.73 Å². The van der Waals surface area contributed by atoms with Crippen LogP contribution in [0, 0.1) is 9.39 Å². The number of benzene rings is 1. The first-order chi connectivity index (χ1) is 12.6. The van der Waals surface area contributed by atoms with Gasteiger partial charge in [-0.05, 0) is 65.4 Å². The van der Waals surface area contributed by atoms with Gasteiger partial charge in [-0.2, -0.15) is 0 Å². The third kappa shape index (κ3) is 3.15. The molecule has 132 valence electrons. The molecule has 0 aliphatic rings. The lowest BCUT2D eigenvalue weighted by Crippen LogP contribution is -2.16. The maximum atomic E-state index is 13.1. The highest BCUT2D eigenvalue weighted by Crippen LogP contribution is 2.30. The van der Waals surface area contributed by atoms with Crippen molar-refractivity contribution in [3.8, 4) is 11.3 Å². The van der Waals surface area contributed by atoms with Crippen molar-refractivity contribution in [1.29, 1.82) is 0 Å². The maximum Gasteiger partial charge on any atom is 0.137 e. The van der Waals surface area contributed by atoms with Crippen molar-refractivity contribution in [2.75, 3.05) is 0 Å². The number of fused-ring (bicyclic) bond motifs is 1. The Balaban J connectivity index is 1.76. The summed E-state index contributed by atoms with van der Waals surface area (Å²) < 4.78 is 16.3. The Morgan fingerprint density at radius 3 is 2.69 bits per heavy atom. The summed E-state index contributed by atoms with van der Waals surface area (Å²) in [5.74, 6) is -0.256. The fourth-order valence-corrected chi connectivity index (χ4v) is 4.26. The molecule has 4 aromatic rings. The van der Waals surface area contributed by atoms with Gasteiger partial charge in [-0.1, -0.05) is 6.92 Å². The second kappa shape index (κ2) is 7.05. The van der Waals surface area contributed by atoms with Crippen LogP contribution in [0.2, 0.25) is 0 Å². The van der Waals surface area contributed by atoms with Crippen LogP contribution in [0.25, 0.3) is 16.9 Å². The molecule has 3 heterocycles. The molecule has 0 saturated carbocycles. The molecular weight excluding hydrogens is 462 g/mol. The molecule has 0 fully saturated rings. The van der Waals surface area contributed by atoms with Crippen molar-refractivity contribution >= 4 is 39.6 Å². The highest BCUT2D eigenvalue weighted by atomic mass is 127. The number of hydrogen-bond acceptors (Lipinski definition) is 4. The summed E-state index contributed by atoms with van der Waals surface area (Å²) in [5.41, 5.74) is 11.1. The normalized spacial score (nSPS) is 12.6. The maximum absolute atomic E-state index is 13.1. The largest absolute Gasteiger partial charge is 0.317 e. The second-order valence-corrected chi connectivity index (χ2v) is 8.06. The minimum atomic E-state index is -0.364. The first kappa shape index (κ1) is 17.6. The molecule has 4 rings (SSSR count). The zero-order valence-electron chi connectivity index (χ0n) is 14.0. The molecule has 0 aliphatic heterocycles. The monoisotopic (exact) mass is 478 g/mol. The summed E-state index contributed by atoms with van der Waals surface area (Å²) in [6.45, 7) is 2.08. The molecule has 0 spiro atoms. The van der Waals surface area contributed by atoms with Crippen LogP contribution in [0.4, 0.5) is 4.39 Å². The fourth-order valence-electron chi connectivity index (χ4n) is 2.98. The molecule has 4 nitrogen and oxygen atoms in total. The summed E-state index contributed by atoms with van der Waals surface area (Å²) in [7, 11) is 0. The lowest BCUT2D eigenvalue weighted by Gasteiger charge is -2.11. The second-order valence-electron chi connectivity index (χ2n) is 5.93. The summed E-state index contributed by atoms with van der Waals surface area (Å²) in [4.78, 5) is 9.41. The van der Waals surface area contributed by atoms with Crippen LogP contribution in [0.3, 0.4) is 0 Å². The van der Waals surface area contributed by atoms with Gasteiger partial charge in [0.25, 0.3) is 0 Å². The van der Waals surface area contributed by atoms with Gasteiger partial charge in [-0.15, -0.1) is 11.3 Å². The lowest BCUT2D eigenvalue weighted by atomic mass is 10.1. The van der Waals surface area contributed by atoms with Gasteiger partial charge in [0.05, 0.1) is 23.1 Å². The van der Waals surface area contributed by atoms with E-state index in [0.29, 0.717) is 0 Å². The van der Waals surface area contributed by atoms with Gasteiger partial charge in [-0.25, -0.2) is 14.4 Å². The number of thiazole rings is 1. The molecule has 1 unspecified atom stereocenters. The number of nitrogens with zero attached hydrogens (tertiary/aromatic N) is 3. The van der Waals surface area contributed by atoms with Crippen molar-refractivity contribution in [2.45, 2.75) is 19.4 Å². The van der Waals surface area contributed by atoms with Crippen molar-refractivity contribution in [3.05, 3.63) is 73.8 Å². The Hall–Kier alpha value is -1.84. The molecule has 3 aromatic heterocycles. The van der Waals surface area contributed by atoms with E-state index in [2.05, 4.69) is 33.9 Å². The molecule has 0 amide bonds. The number of halogens is 2. The van der Waals surface area contributed by atoms with Gasteiger partial charge in [-0.3, -0.25) is 0 Å². The zero-order chi connectivity index (χ0) is 18.3. The van der Waals surface area contributed by atoms with E-state index in [1.54, 1.807) is 12.1 Å². The molecule has 0 radical (unpaired) electrons. The molecule has 2 N–H and O–H groups in total. The van der Waals surface area contributed by atoms with Crippen LogP contribution in [0.5, 0.6) is 0 Å². The Morgan fingerprint density at radius 1 is 1.19 bits per heavy atom. The number of pyridine rings is 1. The van der Waals surface area contributed by atoms with Crippen molar-refractivity contribution in [1.82, 2.24) is 14.4 Å². The van der Waals surface area contributed by atoms with Gasteiger partial charge in [0.1, 0.15) is 16.5 Å². The smallest absolute Gasteiger partial charge is 0.137 e. The average molecular weight is 478 g/mol. The van der Waals surface area contributed by atoms with E-state index in [1.807, 2.05) is 23.7 Å². The van der Waals surface area contributed by atoms with Gasteiger partial charge in [0.15, 0.2) is 0 Å². The molecule has 0 aliphatic carbocycles. The van der Waals surface area contributed by atoms with Crippen LogP contribution in [-0.2, 0) is 6.42 Å². The Morgan fingerprint density at radius 2 is 1.96 bits per heavy atom.